The molecule has 0 fully saturated rings. The van der Waals surface area contributed by atoms with Gasteiger partial charge in [0.05, 0.1) is 28.8 Å². The van der Waals surface area contributed by atoms with Crippen molar-refractivity contribution >= 4 is 23.0 Å². The number of hydrogen-bond acceptors (Lipinski definition) is 4. The largest absolute Gasteiger partial charge is 0.494 e. The molecule has 0 bridgehead atoms. The Bertz CT molecular complexity index is 393. The van der Waals surface area contributed by atoms with Crippen molar-refractivity contribution in [3.63, 3.8) is 0 Å². The van der Waals surface area contributed by atoms with Crippen LogP contribution in [0.25, 0.3) is 0 Å². The van der Waals surface area contributed by atoms with Gasteiger partial charge in [-0.25, -0.2) is 0 Å². The number of nitro groups is 1. The van der Waals surface area contributed by atoms with Gasteiger partial charge in [0.15, 0.2) is 5.75 Å². The van der Waals surface area contributed by atoms with Crippen LogP contribution in [0.1, 0.15) is 0 Å². The Labute approximate surface area is 92.4 Å². The molecule has 1 aromatic rings. The van der Waals surface area contributed by atoms with Crippen LogP contribution in [0.4, 0.5) is 11.4 Å². The van der Waals surface area contributed by atoms with E-state index in [1.54, 1.807) is 19.0 Å². The van der Waals surface area contributed by atoms with E-state index < -0.39 is 4.92 Å². The lowest BCUT2D eigenvalue weighted by atomic mass is 10.2. The molecule has 1 rings (SSSR count). The minimum absolute atomic E-state index is 0.0811. The minimum atomic E-state index is -0.506. The Kier molecular flexibility index (Phi) is 3.36. The molecule has 0 saturated carbocycles. The van der Waals surface area contributed by atoms with E-state index in [2.05, 4.69) is 0 Å². The number of anilines is 1. The zero-order valence-electron chi connectivity index (χ0n) is 8.65. The molecule has 0 amide bonds. The van der Waals surface area contributed by atoms with Gasteiger partial charge in [-0.2, -0.15) is 0 Å². The Hall–Kier alpha value is -1.49. The number of methoxy groups -OCH3 is 1. The number of ether oxygens (including phenoxy) is 1. The summed E-state index contributed by atoms with van der Waals surface area (Å²) in [6.45, 7) is 0. The van der Waals surface area contributed by atoms with Crippen LogP contribution in [0.5, 0.6) is 5.75 Å². The summed E-state index contributed by atoms with van der Waals surface area (Å²) >= 11 is 5.93. The monoisotopic (exact) mass is 230 g/mol. The lowest BCUT2D eigenvalue weighted by Gasteiger charge is -2.17. The van der Waals surface area contributed by atoms with Gasteiger partial charge in [-0.3, -0.25) is 10.1 Å². The number of halogens is 1. The van der Waals surface area contributed by atoms with Crippen molar-refractivity contribution in [2.45, 2.75) is 0 Å². The first-order valence-corrected chi connectivity index (χ1v) is 4.54. The third-order valence-corrected chi connectivity index (χ3v) is 2.18. The van der Waals surface area contributed by atoms with Crippen molar-refractivity contribution in [1.29, 1.82) is 0 Å². The van der Waals surface area contributed by atoms with E-state index in [0.29, 0.717) is 16.5 Å². The Balaban J connectivity index is 3.37. The lowest BCUT2D eigenvalue weighted by Crippen LogP contribution is -2.11. The SMILES string of the molecule is COc1cc([N+](=O)[O-])cc(Cl)c1N(C)C. The molecule has 0 unspecified atom stereocenters. The molecule has 6 heteroatoms. The van der Waals surface area contributed by atoms with E-state index in [0.717, 1.165) is 0 Å². The zero-order chi connectivity index (χ0) is 11.6. The first kappa shape index (κ1) is 11.6. The molecule has 0 aliphatic heterocycles. The van der Waals surface area contributed by atoms with Crippen LogP contribution in [-0.2, 0) is 0 Å². The number of non-ortho nitro benzene ring substituents is 1. The molecule has 0 saturated heterocycles. The number of benzene rings is 1. The maximum absolute atomic E-state index is 10.6. The fourth-order valence-electron chi connectivity index (χ4n) is 1.26. The predicted octanol–water partition coefficient (Wildman–Crippen LogP) is 2.32. The molecular formula is C9H11ClN2O3. The molecule has 5 nitrogen and oxygen atoms in total. The molecule has 0 spiro atoms. The van der Waals surface area contributed by atoms with Gasteiger partial charge in [-0.05, 0) is 0 Å². The minimum Gasteiger partial charge on any atom is -0.494 e. The van der Waals surface area contributed by atoms with Gasteiger partial charge in [-0.1, -0.05) is 11.6 Å². The fourth-order valence-corrected chi connectivity index (χ4v) is 1.63. The highest BCUT2D eigenvalue weighted by Gasteiger charge is 2.17. The van der Waals surface area contributed by atoms with E-state index >= 15 is 0 Å². The second kappa shape index (κ2) is 4.35. The summed E-state index contributed by atoms with van der Waals surface area (Å²) in [4.78, 5) is 11.8. The summed E-state index contributed by atoms with van der Waals surface area (Å²) in [6.07, 6.45) is 0. The standard InChI is InChI=1S/C9H11ClN2O3/c1-11(2)9-7(10)4-6(12(13)14)5-8(9)15-3/h4-5H,1-3H3. The fraction of sp³-hybridized carbons (Fsp3) is 0.333. The van der Waals surface area contributed by atoms with Gasteiger partial charge in [0.2, 0.25) is 0 Å². The normalized spacial score (nSPS) is 9.87. The van der Waals surface area contributed by atoms with Crippen molar-refractivity contribution in [3.8, 4) is 5.75 Å². The van der Waals surface area contributed by atoms with E-state index in [1.807, 2.05) is 0 Å². The molecule has 0 heterocycles. The average Bonchev–Trinajstić information content (AvgIpc) is 2.15. The van der Waals surface area contributed by atoms with Gasteiger partial charge >= 0.3 is 0 Å². The van der Waals surface area contributed by atoms with Crippen molar-refractivity contribution in [2.75, 3.05) is 26.1 Å². The summed E-state index contributed by atoms with van der Waals surface area (Å²) in [6, 6.07) is 2.65. The lowest BCUT2D eigenvalue weighted by molar-refractivity contribution is -0.384. The van der Waals surface area contributed by atoms with Gasteiger partial charge in [0, 0.05) is 20.2 Å². The molecule has 82 valence electrons. The highest BCUT2D eigenvalue weighted by molar-refractivity contribution is 6.33. The number of hydrogen-bond donors (Lipinski definition) is 0. The molecule has 0 N–H and O–H groups in total. The third kappa shape index (κ3) is 2.30. The second-order valence-electron chi connectivity index (χ2n) is 3.13. The Morgan fingerprint density at radius 2 is 2.07 bits per heavy atom. The van der Waals surface area contributed by atoms with E-state index in [4.69, 9.17) is 16.3 Å². The smallest absolute Gasteiger partial charge is 0.274 e. The van der Waals surface area contributed by atoms with E-state index in [-0.39, 0.29) is 5.69 Å². The average molecular weight is 231 g/mol. The van der Waals surface area contributed by atoms with Crippen molar-refractivity contribution < 1.29 is 9.66 Å². The van der Waals surface area contributed by atoms with Crippen molar-refractivity contribution in [1.82, 2.24) is 0 Å². The van der Waals surface area contributed by atoms with Crippen LogP contribution in [0, 0.1) is 10.1 Å². The number of nitro benzene ring substituents is 1. The summed E-state index contributed by atoms with van der Waals surface area (Å²) < 4.78 is 5.05. The Morgan fingerprint density at radius 3 is 2.47 bits per heavy atom. The van der Waals surface area contributed by atoms with E-state index in [1.165, 1.54) is 19.2 Å². The summed E-state index contributed by atoms with van der Waals surface area (Å²) in [7, 11) is 5.02. The number of nitrogens with zero attached hydrogens (tertiary/aromatic N) is 2. The zero-order valence-corrected chi connectivity index (χ0v) is 9.41. The van der Waals surface area contributed by atoms with Crippen LogP contribution < -0.4 is 9.64 Å². The van der Waals surface area contributed by atoms with Crippen molar-refractivity contribution in [3.05, 3.63) is 27.3 Å². The first-order valence-electron chi connectivity index (χ1n) is 4.16. The molecule has 15 heavy (non-hydrogen) atoms. The third-order valence-electron chi connectivity index (χ3n) is 1.89. The summed E-state index contributed by atoms with van der Waals surface area (Å²) in [5.74, 6) is 0.388. The highest BCUT2D eigenvalue weighted by atomic mass is 35.5. The molecule has 0 atom stereocenters. The van der Waals surface area contributed by atoms with Crippen LogP contribution in [0.15, 0.2) is 12.1 Å². The van der Waals surface area contributed by atoms with Gasteiger partial charge in [0.1, 0.15) is 0 Å². The molecule has 0 aliphatic carbocycles. The van der Waals surface area contributed by atoms with Crippen LogP contribution in [0.3, 0.4) is 0 Å². The summed E-state index contributed by atoms with van der Waals surface area (Å²) in [5.41, 5.74) is 0.548. The molecule has 0 radical (unpaired) electrons. The summed E-state index contributed by atoms with van der Waals surface area (Å²) in [5, 5.41) is 10.9. The maximum atomic E-state index is 10.6. The van der Waals surface area contributed by atoms with Crippen LogP contribution in [-0.4, -0.2) is 26.1 Å². The quantitative estimate of drug-likeness (QED) is 0.591. The van der Waals surface area contributed by atoms with Crippen LogP contribution >= 0.6 is 11.6 Å². The van der Waals surface area contributed by atoms with Gasteiger partial charge in [-0.15, -0.1) is 0 Å². The van der Waals surface area contributed by atoms with Crippen LogP contribution in [0.2, 0.25) is 5.02 Å². The predicted molar refractivity (Wildman–Crippen MR) is 59.0 cm³/mol. The topological polar surface area (TPSA) is 55.6 Å². The van der Waals surface area contributed by atoms with Crippen molar-refractivity contribution in [2.24, 2.45) is 0 Å². The molecule has 1 aromatic carbocycles. The highest BCUT2D eigenvalue weighted by Crippen LogP contribution is 2.38. The molecular weight excluding hydrogens is 220 g/mol. The van der Waals surface area contributed by atoms with Gasteiger partial charge in [0.25, 0.3) is 5.69 Å². The van der Waals surface area contributed by atoms with E-state index in [9.17, 15) is 10.1 Å². The maximum Gasteiger partial charge on any atom is 0.274 e. The number of rotatable bonds is 3. The second-order valence-corrected chi connectivity index (χ2v) is 3.54. The molecule has 0 aromatic heterocycles. The van der Waals surface area contributed by atoms with Gasteiger partial charge < -0.3 is 9.64 Å². The molecule has 0 aliphatic rings. The Morgan fingerprint density at radius 1 is 1.47 bits per heavy atom. The first-order chi connectivity index (χ1) is 6.97.